The number of nitrogens with zero attached hydrogens (tertiary/aromatic N) is 2. The molecule has 0 saturated heterocycles. The summed E-state index contributed by atoms with van der Waals surface area (Å²) in [6, 6.07) is 20.8. The Morgan fingerprint density at radius 1 is 0.950 bits per heavy atom. The summed E-state index contributed by atoms with van der Waals surface area (Å²) in [7, 11) is -3.84. The molecule has 0 aromatic heterocycles. The van der Waals surface area contributed by atoms with E-state index in [4.69, 9.17) is 0 Å². The molecule has 10 heteroatoms. The zero-order chi connectivity index (χ0) is 28.7. The highest BCUT2D eigenvalue weighted by Gasteiger charge is 2.34. The fourth-order valence-electron chi connectivity index (χ4n) is 4.93. The number of hydrogen-bond donors (Lipinski definition) is 1. The maximum atomic E-state index is 14.0. The minimum Gasteiger partial charge on any atom is -0.352 e. The van der Waals surface area contributed by atoms with Crippen LogP contribution < -0.4 is 9.62 Å². The molecule has 212 valence electrons. The van der Waals surface area contributed by atoms with Crippen molar-refractivity contribution in [3.63, 3.8) is 0 Å². The topological polar surface area (TPSA) is 86.8 Å². The first-order chi connectivity index (χ1) is 19.1. The molecule has 0 bridgehead atoms. The Balaban J connectivity index is 1.71. The first-order valence-electron chi connectivity index (χ1n) is 13.2. The Morgan fingerprint density at radius 3 is 2.17 bits per heavy atom. The lowest BCUT2D eigenvalue weighted by Gasteiger charge is -2.34. The average Bonchev–Trinajstić information content (AvgIpc) is 3.44. The Bertz CT molecular complexity index is 1400. The van der Waals surface area contributed by atoms with Gasteiger partial charge >= 0.3 is 0 Å². The molecule has 7 nitrogen and oxygen atoms in total. The van der Waals surface area contributed by atoms with E-state index in [0.717, 1.165) is 46.3 Å². The van der Waals surface area contributed by atoms with Gasteiger partial charge < -0.3 is 10.2 Å². The van der Waals surface area contributed by atoms with E-state index in [1.54, 1.807) is 36.4 Å². The molecule has 0 radical (unpaired) electrons. The van der Waals surface area contributed by atoms with Crippen LogP contribution in [0.4, 0.5) is 10.1 Å². The number of nitrogens with one attached hydrogen (secondary N) is 1. The van der Waals surface area contributed by atoms with Crippen molar-refractivity contribution < 1.29 is 22.4 Å². The van der Waals surface area contributed by atoms with Crippen molar-refractivity contribution in [2.75, 3.05) is 17.1 Å². The van der Waals surface area contributed by atoms with E-state index in [-0.39, 0.29) is 24.9 Å². The predicted octanol–water partition coefficient (Wildman–Crippen LogP) is 5.05. The lowest BCUT2D eigenvalue weighted by Crippen LogP contribution is -2.54. The van der Waals surface area contributed by atoms with Crippen molar-refractivity contribution in [1.29, 1.82) is 0 Å². The maximum absolute atomic E-state index is 14.0. The fourth-order valence-corrected chi connectivity index (χ4v) is 6.04. The first kappa shape index (κ1) is 29.7. The molecule has 0 aliphatic heterocycles. The summed E-state index contributed by atoms with van der Waals surface area (Å²) in [5, 5.41) is 3.12. The van der Waals surface area contributed by atoms with Crippen LogP contribution in [0, 0.1) is 5.82 Å². The number of amides is 2. The van der Waals surface area contributed by atoms with Crippen molar-refractivity contribution in [1.82, 2.24) is 10.2 Å². The molecule has 1 saturated carbocycles. The van der Waals surface area contributed by atoms with Gasteiger partial charge in [-0.1, -0.05) is 71.2 Å². The highest BCUT2D eigenvalue weighted by molar-refractivity contribution is 9.10. The van der Waals surface area contributed by atoms with Crippen LogP contribution in [0.2, 0.25) is 0 Å². The molecule has 1 aliphatic rings. The van der Waals surface area contributed by atoms with Gasteiger partial charge in [-0.2, -0.15) is 0 Å². The van der Waals surface area contributed by atoms with Crippen molar-refractivity contribution >= 4 is 43.5 Å². The molecule has 1 fully saturated rings. The number of carbonyl (C=O) groups is 2. The summed E-state index contributed by atoms with van der Waals surface area (Å²) in [6.07, 6.45) is 5.10. The van der Waals surface area contributed by atoms with Crippen LogP contribution in [-0.2, 0) is 32.6 Å². The molecule has 2 amide bonds. The second-order valence-electron chi connectivity index (χ2n) is 10.1. The average molecular weight is 631 g/mol. The summed E-state index contributed by atoms with van der Waals surface area (Å²) in [6.45, 7) is -0.490. The van der Waals surface area contributed by atoms with Gasteiger partial charge in [-0.25, -0.2) is 12.8 Å². The molecule has 3 aromatic carbocycles. The standard InChI is InChI=1S/C30H33BrFN3O4S/c1-40(38,39)35(27-17-13-24(31)14-18-27)21-29(36)34(20-23-11-15-25(32)16-12-23)28(19-22-7-3-2-4-8-22)30(37)33-26-9-5-6-10-26/h2-4,7-8,11-18,26,28H,5-6,9-10,19-21H2,1H3,(H,33,37). The summed E-state index contributed by atoms with van der Waals surface area (Å²) in [5.74, 6) is -1.25. The highest BCUT2D eigenvalue weighted by Crippen LogP contribution is 2.23. The fraction of sp³-hybridized carbons (Fsp3) is 0.333. The van der Waals surface area contributed by atoms with Gasteiger partial charge in [-0.05, 0) is 60.4 Å². The van der Waals surface area contributed by atoms with E-state index in [0.29, 0.717) is 11.3 Å². The van der Waals surface area contributed by atoms with Crippen LogP contribution in [0.1, 0.15) is 36.8 Å². The second-order valence-corrected chi connectivity index (χ2v) is 12.9. The van der Waals surface area contributed by atoms with Crippen LogP contribution in [0.25, 0.3) is 0 Å². The minimum absolute atomic E-state index is 0.00659. The SMILES string of the molecule is CS(=O)(=O)N(CC(=O)N(Cc1ccc(F)cc1)C(Cc1ccccc1)C(=O)NC1CCCC1)c1ccc(Br)cc1. The quantitative estimate of drug-likeness (QED) is 0.321. The van der Waals surface area contributed by atoms with Gasteiger partial charge in [0.2, 0.25) is 21.8 Å². The predicted molar refractivity (Wildman–Crippen MR) is 158 cm³/mol. The van der Waals surface area contributed by atoms with Gasteiger partial charge in [0.25, 0.3) is 0 Å². The van der Waals surface area contributed by atoms with Crippen LogP contribution in [0.3, 0.4) is 0 Å². The molecule has 3 aromatic rings. The smallest absolute Gasteiger partial charge is 0.244 e. The maximum Gasteiger partial charge on any atom is 0.244 e. The van der Waals surface area contributed by atoms with Gasteiger partial charge in [-0.15, -0.1) is 0 Å². The minimum atomic E-state index is -3.84. The molecule has 4 rings (SSSR count). The van der Waals surface area contributed by atoms with Crippen molar-refractivity contribution in [2.24, 2.45) is 0 Å². The zero-order valence-corrected chi connectivity index (χ0v) is 24.7. The molecule has 1 atom stereocenters. The second kappa shape index (κ2) is 13.4. The van der Waals surface area contributed by atoms with Gasteiger partial charge in [0, 0.05) is 23.5 Å². The highest BCUT2D eigenvalue weighted by atomic mass is 79.9. The number of anilines is 1. The van der Waals surface area contributed by atoms with Crippen molar-refractivity contribution in [3.05, 3.63) is 100 Å². The molecule has 1 unspecified atom stereocenters. The van der Waals surface area contributed by atoms with E-state index in [9.17, 15) is 22.4 Å². The Labute approximate surface area is 243 Å². The monoisotopic (exact) mass is 629 g/mol. The van der Waals surface area contributed by atoms with Crippen LogP contribution in [0.15, 0.2) is 83.3 Å². The van der Waals surface area contributed by atoms with Gasteiger partial charge in [0.05, 0.1) is 11.9 Å². The number of halogens is 2. The van der Waals surface area contributed by atoms with Crippen molar-refractivity contribution in [3.8, 4) is 0 Å². The van der Waals surface area contributed by atoms with E-state index < -0.39 is 34.3 Å². The Hall–Kier alpha value is -3.24. The third-order valence-electron chi connectivity index (χ3n) is 7.03. The molecule has 1 aliphatic carbocycles. The summed E-state index contributed by atoms with van der Waals surface area (Å²) < 4.78 is 41.1. The number of rotatable bonds is 11. The largest absolute Gasteiger partial charge is 0.352 e. The third-order valence-corrected chi connectivity index (χ3v) is 8.70. The summed E-state index contributed by atoms with van der Waals surface area (Å²) in [5.41, 5.74) is 1.81. The van der Waals surface area contributed by atoms with Crippen LogP contribution >= 0.6 is 15.9 Å². The van der Waals surface area contributed by atoms with Gasteiger partial charge in [0.1, 0.15) is 18.4 Å². The molecule has 40 heavy (non-hydrogen) atoms. The number of hydrogen-bond acceptors (Lipinski definition) is 4. The zero-order valence-electron chi connectivity index (χ0n) is 22.3. The lowest BCUT2D eigenvalue weighted by molar-refractivity contribution is -0.140. The number of benzene rings is 3. The normalized spacial score (nSPS) is 14.5. The van der Waals surface area contributed by atoms with Gasteiger partial charge in [-0.3, -0.25) is 13.9 Å². The van der Waals surface area contributed by atoms with E-state index in [2.05, 4.69) is 21.2 Å². The number of sulfonamides is 1. The Morgan fingerprint density at radius 2 is 1.57 bits per heavy atom. The van der Waals surface area contributed by atoms with Crippen LogP contribution in [-0.4, -0.2) is 50.0 Å². The summed E-state index contributed by atoms with van der Waals surface area (Å²) >= 11 is 3.35. The molecular formula is C30H33BrFN3O4S. The molecule has 1 N–H and O–H groups in total. The Kier molecular flexibility index (Phi) is 9.97. The van der Waals surface area contributed by atoms with Crippen molar-refractivity contribution in [2.45, 2.75) is 50.7 Å². The lowest BCUT2D eigenvalue weighted by atomic mass is 10.0. The third kappa shape index (κ3) is 8.14. The molecular weight excluding hydrogens is 597 g/mol. The molecule has 0 spiro atoms. The number of carbonyl (C=O) groups excluding carboxylic acids is 2. The molecule has 0 heterocycles. The first-order valence-corrected chi connectivity index (χ1v) is 15.9. The van der Waals surface area contributed by atoms with E-state index in [1.807, 2.05) is 30.3 Å². The van der Waals surface area contributed by atoms with Crippen LogP contribution in [0.5, 0.6) is 0 Å². The van der Waals surface area contributed by atoms with E-state index >= 15 is 0 Å². The van der Waals surface area contributed by atoms with Gasteiger partial charge in [0.15, 0.2) is 0 Å². The van der Waals surface area contributed by atoms with E-state index in [1.165, 1.54) is 17.0 Å². The summed E-state index contributed by atoms with van der Waals surface area (Å²) in [4.78, 5) is 29.2.